The predicted octanol–water partition coefficient (Wildman–Crippen LogP) is 0.373. The number of carbonyl (C=O) groups excluding carboxylic acids is 2. The molecule has 4 nitrogen and oxygen atoms in total. The largest absolute Gasteiger partial charge is 0.356 e. The molecule has 0 spiro atoms. The average Bonchev–Trinajstić information content (AvgIpc) is 2.50. The summed E-state index contributed by atoms with van der Waals surface area (Å²) in [6, 6.07) is 0. The van der Waals surface area contributed by atoms with E-state index in [1.165, 1.54) is 18.7 Å². The summed E-state index contributed by atoms with van der Waals surface area (Å²) in [5, 5.41) is 2.58. The van der Waals surface area contributed by atoms with Crippen LogP contribution in [0.4, 0.5) is 0 Å². The molecule has 1 fully saturated rings. The van der Waals surface area contributed by atoms with Crippen LogP contribution < -0.4 is 5.32 Å². The highest BCUT2D eigenvalue weighted by Crippen LogP contribution is 2.18. The van der Waals surface area contributed by atoms with Crippen LogP contribution in [0.25, 0.3) is 0 Å². The lowest BCUT2D eigenvalue weighted by molar-refractivity contribution is -0.126. The number of hydrogen-bond donors (Lipinski definition) is 1. The number of carbonyl (C=O) groups is 2. The number of nitrogens with zero attached hydrogens (tertiary/aromatic N) is 1. The van der Waals surface area contributed by atoms with E-state index in [0.29, 0.717) is 23.8 Å². The molecule has 14 heavy (non-hydrogen) atoms. The van der Waals surface area contributed by atoms with Crippen molar-refractivity contribution in [1.82, 2.24) is 10.2 Å². The molecule has 1 saturated heterocycles. The Hall–Kier alpha value is -0.620. The first-order chi connectivity index (χ1) is 6.61. The predicted molar refractivity (Wildman–Crippen MR) is 60.1 cm³/mol. The maximum absolute atomic E-state index is 11.5. The van der Waals surface area contributed by atoms with Crippen LogP contribution in [0.1, 0.15) is 13.3 Å². The maximum atomic E-state index is 11.5. The number of rotatable bonds is 3. The summed E-state index contributed by atoms with van der Waals surface area (Å²) in [5.74, 6) is 0.759. The lowest BCUT2D eigenvalue weighted by atomic mass is 10.3. The van der Waals surface area contributed by atoms with E-state index in [9.17, 15) is 9.59 Å². The highest BCUT2D eigenvalue weighted by atomic mass is 32.2. The molecule has 0 radical (unpaired) electrons. The molecule has 78 valence electrons. The fourth-order valence-electron chi connectivity index (χ4n) is 1.10. The zero-order valence-electron chi connectivity index (χ0n) is 7.91. The number of hydrogen-bond acceptors (Lipinski definition) is 4. The van der Waals surface area contributed by atoms with Crippen LogP contribution in [0.2, 0.25) is 0 Å². The molecule has 0 saturated carbocycles. The summed E-state index contributed by atoms with van der Waals surface area (Å²) in [7, 11) is 0. The van der Waals surface area contributed by atoms with Crippen LogP contribution in [-0.2, 0) is 9.59 Å². The summed E-state index contributed by atoms with van der Waals surface area (Å²) in [6.45, 7) is 2.52. The molecule has 0 atom stereocenters. The standard InChI is InChI=1S/C8H12N2O2S2/c1-6(11)9-3-2-7(12)10-4-5-14-8(10)13/h2-5H2,1H3,(H,9,11). The van der Waals surface area contributed by atoms with E-state index in [2.05, 4.69) is 5.32 Å². The summed E-state index contributed by atoms with van der Waals surface area (Å²) in [6.07, 6.45) is 0.320. The van der Waals surface area contributed by atoms with E-state index in [0.717, 1.165) is 5.75 Å². The van der Waals surface area contributed by atoms with Crippen molar-refractivity contribution in [1.29, 1.82) is 0 Å². The zero-order chi connectivity index (χ0) is 10.6. The van der Waals surface area contributed by atoms with Gasteiger partial charge in [0.2, 0.25) is 11.8 Å². The third-order valence-corrected chi connectivity index (χ3v) is 3.20. The second-order valence-electron chi connectivity index (χ2n) is 2.89. The van der Waals surface area contributed by atoms with E-state index >= 15 is 0 Å². The van der Waals surface area contributed by atoms with Crippen molar-refractivity contribution in [2.24, 2.45) is 0 Å². The number of thioether (sulfide) groups is 1. The van der Waals surface area contributed by atoms with Crippen molar-refractivity contribution < 1.29 is 9.59 Å². The quantitative estimate of drug-likeness (QED) is 0.714. The van der Waals surface area contributed by atoms with E-state index in [1.807, 2.05) is 0 Å². The van der Waals surface area contributed by atoms with Gasteiger partial charge >= 0.3 is 0 Å². The first kappa shape index (κ1) is 11.5. The molecule has 1 N–H and O–H groups in total. The topological polar surface area (TPSA) is 49.4 Å². The van der Waals surface area contributed by atoms with Crippen molar-refractivity contribution in [2.45, 2.75) is 13.3 Å². The second kappa shape index (κ2) is 5.31. The summed E-state index contributed by atoms with van der Waals surface area (Å²) in [5.41, 5.74) is 0. The van der Waals surface area contributed by atoms with Gasteiger partial charge in [-0.2, -0.15) is 0 Å². The van der Waals surface area contributed by atoms with Crippen molar-refractivity contribution in [3.8, 4) is 0 Å². The molecule has 0 unspecified atom stereocenters. The van der Waals surface area contributed by atoms with Crippen molar-refractivity contribution >= 4 is 40.1 Å². The van der Waals surface area contributed by atoms with Gasteiger partial charge in [0.1, 0.15) is 4.32 Å². The average molecular weight is 232 g/mol. The van der Waals surface area contributed by atoms with Crippen LogP contribution in [0, 0.1) is 0 Å². The molecule has 0 aromatic carbocycles. The Morgan fingerprint density at radius 2 is 2.36 bits per heavy atom. The van der Waals surface area contributed by atoms with Crippen molar-refractivity contribution in [3.05, 3.63) is 0 Å². The Kier molecular flexibility index (Phi) is 4.34. The highest BCUT2D eigenvalue weighted by Gasteiger charge is 2.23. The van der Waals surface area contributed by atoms with Crippen molar-refractivity contribution in [2.75, 3.05) is 18.8 Å². The molecule has 6 heteroatoms. The van der Waals surface area contributed by atoms with Crippen molar-refractivity contribution in [3.63, 3.8) is 0 Å². The monoisotopic (exact) mass is 232 g/mol. The van der Waals surface area contributed by atoms with Crippen LogP contribution in [-0.4, -0.2) is 39.9 Å². The molecule has 0 aromatic rings. The summed E-state index contributed by atoms with van der Waals surface area (Å²) in [4.78, 5) is 23.7. The van der Waals surface area contributed by atoms with E-state index < -0.39 is 0 Å². The number of thiocarbonyl (C=S) groups is 1. The fraction of sp³-hybridized carbons (Fsp3) is 0.625. The lowest BCUT2D eigenvalue weighted by Gasteiger charge is -2.14. The Labute approximate surface area is 92.4 Å². The van der Waals surface area contributed by atoms with Gasteiger partial charge in [0.15, 0.2) is 0 Å². The minimum absolute atomic E-state index is 0.00579. The molecule has 1 heterocycles. The van der Waals surface area contributed by atoms with Gasteiger partial charge in [-0.3, -0.25) is 14.5 Å². The number of nitrogens with one attached hydrogen (secondary N) is 1. The van der Waals surface area contributed by atoms with Gasteiger partial charge in [-0.25, -0.2) is 0 Å². The molecule has 1 rings (SSSR count). The maximum Gasteiger partial charge on any atom is 0.229 e. The van der Waals surface area contributed by atoms with Gasteiger partial charge in [-0.05, 0) is 0 Å². The molecule has 0 aliphatic carbocycles. The zero-order valence-corrected chi connectivity index (χ0v) is 9.54. The minimum atomic E-state index is -0.115. The molecule has 2 amide bonds. The van der Waals surface area contributed by atoms with Crippen LogP contribution in [0.5, 0.6) is 0 Å². The normalized spacial score (nSPS) is 15.8. The van der Waals surface area contributed by atoms with Crippen LogP contribution >= 0.6 is 24.0 Å². The second-order valence-corrected chi connectivity index (χ2v) is 4.62. The molecule has 0 aromatic heterocycles. The SMILES string of the molecule is CC(=O)NCCC(=O)N1CCSC1=S. The Bertz CT molecular complexity index is 268. The third kappa shape index (κ3) is 3.26. The highest BCUT2D eigenvalue weighted by molar-refractivity contribution is 8.23. The molecule has 1 aliphatic heterocycles. The van der Waals surface area contributed by atoms with Gasteiger partial charge in [-0.15, -0.1) is 0 Å². The first-order valence-electron chi connectivity index (χ1n) is 4.33. The van der Waals surface area contributed by atoms with Gasteiger partial charge in [0, 0.05) is 32.2 Å². The Morgan fingerprint density at radius 1 is 1.64 bits per heavy atom. The fourth-order valence-corrected chi connectivity index (χ4v) is 2.34. The molecular weight excluding hydrogens is 220 g/mol. The molecular formula is C8H12N2O2S2. The molecule has 0 bridgehead atoms. The third-order valence-electron chi connectivity index (χ3n) is 1.77. The van der Waals surface area contributed by atoms with E-state index in [1.54, 1.807) is 4.90 Å². The summed E-state index contributed by atoms with van der Waals surface area (Å²) >= 11 is 6.52. The number of amides is 2. The van der Waals surface area contributed by atoms with Crippen LogP contribution in [0.3, 0.4) is 0 Å². The Morgan fingerprint density at radius 3 is 2.86 bits per heavy atom. The lowest BCUT2D eigenvalue weighted by Crippen LogP contribution is -2.33. The minimum Gasteiger partial charge on any atom is -0.356 e. The van der Waals surface area contributed by atoms with Gasteiger partial charge in [0.05, 0.1) is 0 Å². The smallest absolute Gasteiger partial charge is 0.229 e. The van der Waals surface area contributed by atoms with Crippen LogP contribution in [0.15, 0.2) is 0 Å². The van der Waals surface area contributed by atoms with E-state index in [-0.39, 0.29) is 11.8 Å². The van der Waals surface area contributed by atoms with Gasteiger partial charge in [-0.1, -0.05) is 24.0 Å². The van der Waals surface area contributed by atoms with E-state index in [4.69, 9.17) is 12.2 Å². The summed E-state index contributed by atoms with van der Waals surface area (Å²) < 4.78 is 0.651. The molecule has 1 aliphatic rings. The first-order valence-corrected chi connectivity index (χ1v) is 5.72. The van der Waals surface area contributed by atoms with Gasteiger partial charge in [0.25, 0.3) is 0 Å². The van der Waals surface area contributed by atoms with Gasteiger partial charge < -0.3 is 5.32 Å². The Balaban J connectivity index is 2.27.